The molecule has 0 aliphatic carbocycles. The highest BCUT2D eigenvalue weighted by molar-refractivity contribution is 6.00. The molecular weight excluding hydrogens is 1540 g/mol. The van der Waals surface area contributed by atoms with Crippen molar-refractivity contribution in [1.29, 1.82) is 0 Å². The van der Waals surface area contributed by atoms with Gasteiger partial charge in [-0.1, -0.05) is 150 Å². The Kier molecular flexibility index (Phi) is 42.8. The second kappa shape index (κ2) is 48.0. The van der Waals surface area contributed by atoms with Crippen LogP contribution < -0.4 is 81.0 Å². The third-order valence-corrected chi connectivity index (χ3v) is 16.8. The van der Waals surface area contributed by atoms with Crippen molar-refractivity contribution >= 4 is 89.0 Å². The van der Waals surface area contributed by atoms with Crippen LogP contribution in [0.25, 0.3) is 0 Å². The van der Waals surface area contributed by atoms with Crippen molar-refractivity contribution in [3.05, 3.63) is 71.8 Å². The summed E-state index contributed by atoms with van der Waals surface area (Å²) in [5.74, 6) is -20.9. The van der Waals surface area contributed by atoms with Crippen LogP contribution in [0.1, 0.15) is 146 Å². The maximum absolute atomic E-state index is 15.7. The number of carbonyl (C=O) groups excluding carboxylic acids is 12. The molecule has 43 heteroatoms. The summed E-state index contributed by atoms with van der Waals surface area (Å²) in [6.07, 6.45) is -16.6. The number of guanidine groups is 1. The lowest BCUT2D eigenvalue weighted by molar-refractivity contribution is -0.193. The Hall–Kier alpha value is -10.5. The number of carbonyl (C=O) groups is 14. The molecule has 1 fully saturated rings. The lowest BCUT2D eigenvalue weighted by Gasteiger charge is -2.35. The zero-order valence-electron chi connectivity index (χ0n) is 66.1. The first-order valence-electron chi connectivity index (χ1n) is 36.4. The quantitative estimate of drug-likeness (QED) is 0.0236. The van der Waals surface area contributed by atoms with Gasteiger partial charge in [0.05, 0.1) is 37.4 Å². The summed E-state index contributed by atoms with van der Waals surface area (Å²) >= 11 is 0. The number of rotatable bonds is 25. The number of primary amides is 1. The lowest BCUT2D eigenvalue weighted by atomic mass is 9.86. The zero-order chi connectivity index (χ0) is 88.4. The molecule has 0 radical (unpaired) electrons. The molecule has 1 aliphatic heterocycles. The number of aliphatic hydroxyl groups is 4. The summed E-state index contributed by atoms with van der Waals surface area (Å²) in [6, 6.07) is -2.24. The van der Waals surface area contributed by atoms with Gasteiger partial charge in [0.25, 0.3) is 0 Å². The molecule has 1 aliphatic rings. The van der Waals surface area contributed by atoms with Crippen LogP contribution in [-0.2, 0) is 73.7 Å². The van der Waals surface area contributed by atoms with Crippen molar-refractivity contribution < 1.29 is 129 Å². The van der Waals surface area contributed by atoms with Crippen molar-refractivity contribution in [2.24, 2.45) is 50.8 Å². The molecule has 12 amide bonds. The Morgan fingerprint density at radius 3 is 1.56 bits per heavy atom. The number of aliphatic imine (C=N–C) groups is 1. The molecule has 37 nitrogen and oxygen atoms in total. The first-order chi connectivity index (χ1) is 53.0. The number of nitrogens with zero attached hydrogens (tertiary/aromatic N) is 1. The third-order valence-electron chi connectivity index (χ3n) is 16.8. The van der Waals surface area contributed by atoms with Gasteiger partial charge in [-0.3, -0.25) is 57.7 Å². The largest absolute Gasteiger partial charge is 0.490 e. The summed E-state index contributed by atoms with van der Waals surface area (Å²) in [5.41, 5.74) is 16.3. The van der Waals surface area contributed by atoms with Crippen LogP contribution >= 0.6 is 0 Å². The smallest absolute Gasteiger partial charge is 0.475 e. The Labute approximate surface area is 660 Å². The van der Waals surface area contributed by atoms with E-state index >= 15 is 14.4 Å². The van der Waals surface area contributed by atoms with E-state index in [9.17, 15) is 89.9 Å². The Balaban J connectivity index is 0.00000429. The van der Waals surface area contributed by atoms with E-state index in [0.717, 1.165) is 12.5 Å². The monoisotopic (exact) mass is 1650 g/mol. The van der Waals surface area contributed by atoms with Gasteiger partial charge in [0.2, 0.25) is 65.0 Å². The normalized spacial score (nSPS) is 22.0. The minimum atomic E-state index is -5.08. The molecule has 3 rings (SSSR count). The first kappa shape index (κ1) is 102. The molecule has 115 heavy (non-hydrogen) atoms. The van der Waals surface area contributed by atoms with Gasteiger partial charge in [0.15, 0.2) is 12.1 Å². The van der Waals surface area contributed by atoms with Crippen molar-refractivity contribution in [1.82, 2.24) is 63.8 Å². The SMILES string of the molecule is CC[C@H](C)[C@@H]1NC(=O)[C@@H](CCCN=C(N)N)NC(=O)[C@H](CC(C)C)NC(=O)[C@H]([C@H](O)C(C)C)NC(=O)[C@@H](NC(=O)[C@H](CC(C)(C)C)NC[C@@H](CC(C)(C)C)NC(=O)OCc2ccccc2)[C@@H](c2ccccc2)NC(=O)[C@H](CO)NC(=O)[C@H]([C@H](O)C(N)=O)NC(=O)CNC(=O)[C@H]([C@H](C)O)NC1=O.O=C(O)C(F)(F)F.O=C(O)C(F)(F)F. The molecular formula is C72H112F6N16O21. The van der Waals surface area contributed by atoms with Crippen LogP contribution in [0.2, 0.25) is 0 Å². The molecule has 15 atom stereocenters. The highest BCUT2D eigenvalue weighted by atomic mass is 19.4. The Morgan fingerprint density at radius 1 is 0.600 bits per heavy atom. The van der Waals surface area contributed by atoms with E-state index in [1.165, 1.54) is 38.1 Å². The van der Waals surface area contributed by atoms with Crippen LogP contribution in [-0.4, -0.2) is 237 Å². The zero-order valence-corrected chi connectivity index (χ0v) is 66.1. The van der Waals surface area contributed by atoms with Gasteiger partial charge < -0.3 is 116 Å². The maximum Gasteiger partial charge on any atom is 0.490 e. The van der Waals surface area contributed by atoms with Crippen molar-refractivity contribution in [2.45, 2.75) is 232 Å². The van der Waals surface area contributed by atoms with Gasteiger partial charge in [-0.25, -0.2) is 14.4 Å². The Morgan fingerprint density at radius 2 is 1.08 bits per heavy atom. The topological polar surface area (TPSA) is 604 Å². The standard InChI is InChI=1S/C68H110N16O17.2C2HF3O2/c1-14-37(6)47-61(96)81-48(38(7)86)60(95)74-32-46(87)79-52(54(89)55(69)90)64(99)78-45(33-85)59(94)82-49(40-24-19-16-20-25-40)50(83-58(93)44(30-68(11,12)13)73-31-41(29-67(8,9)10)75-66(100)101-34-39-22-17-15-18-23-39)62(97)84-51(53(88)36(4)5)63(98)77-43(28-35(2)3)57(92)76-42(56(91)80-47)26-21-27-72-65(70)71;2*3-2(4,5)1(6)7/h15-20,22-25,35-38,41-45,47-54,73,85-86,88-89H,14,21,26-34H2,1-13H3,(H2,69,90)(H,74,95)(H,75,100)(H,76,92)(H,77,98)(H,78,99)(H,79,87)(H,80,91)(H,81,96)(H,82,94)(H,83,93)(H,84,97)(H4,70,71,72);2*(H,6,7)/t37-,38-,41+,42+,43-,44-,45-,47-,48-,49+,50-,51-,52-,53+,54-;;/m0../s1. The average molecular weight is 1650 g/mol. The molecule has 648 valence electrons. The van der Waals surface area contributed by atoms with Crippen LogP contribution in [0.4, 0.5) is 31.1 Å². The minimum Gasteiger partial charge on any atom is -0.475 e. The number of hydrogen-bond donors (Lipinski definition) is 21. The number of ether oxygens (including phenoxy) is 1. The van der Waals surface area contributed by atoms with Gasteiger partial charge in [-0.2, -0.15) is 26.3 Å². The number of aliphatic carboxylic acids is 2. The van der Waals surface area contributed by atoms with E-state index in [4.69, 9.17) is 41.7 Å². The van der Waals surface area contributed by atoms with E-state index < -0.39 is 216 Å². The van der Waals surface area contributed by atoms with Crippen molar-refractivity contribution in [2.75, 3.05) is 26.2 Å². The predicted octanol–water partition coefficient (Wildman–Crippen LogP) is -1.37. The van der Waals surface area contributed by atoms with Crippen LogP contribution in [0.5, 0.6) is 0 Å². The minimum absolute atomic E-state index is 0.0431. The van der Waals surface area contributed by atoms with E-state index in [2.05, 4.69) is 63.5 Å². The number of carboxylic acid groups (broad SMARTS) is 2. The van der Waals surface area contributed by atoms with E-state index in [-0.39, 0.29) is 69.2 Å². The molecule has 0 aromatic heterocycles. The number of amides is 12. The van der Waals surface area contributed by atoms with E-state index in [0.29, 0.717) is 6.42 Å². The van der Waals surface area contributed by atoms with Crippen LogP contribution in [0.3, 0.4) is 0 Å². The number of aliphatic hydroxyl groups excluding tert-OH is 4. The highest BCUT2D eigenvalue weighted by Gasteiger charge is 2.44. The number of nitrogens with two attached hydrogens (primary N) is 3. The summed E-state index contributed by atoms with van der Waals surface area (Å²) in [4.78, 5) is 194. The highest BCUT2D eigenvalue weighted by Crippen LogP contribution is 2.26. The van der Waals surface area contributed by atoms with E-state index in [1.54, 1.807) is 58.0 Å². The number of alkyl halides is 6. The predicted molar refractivity (Wildman–Crippen MR) is 400 cm³/mol. The molecule has 0 spiro atoms. The lowest BCUT2D eigenvalue weighted by Crippen LogP contribution is -2.65. The summed E-state index contributed by atoms with van der Waals surface area (Å²) in [7, 11) is 0. The molecule has 1 saturated heterocycles. The summed E-state index contributed by atoms with van der Waals surface area (Å²) < 4.78 is 69.0. The van der Waals surface area contributed by atoms with Crippen molar-refractivity contribution in [3.63, 3.8) is 0 Å². The fourth-order valence-electron chi connectivity index (χ4n) is 10.8. The molecule has 24 N–H and O–H groups in total. The maximum atomic E-state index is 15.7. The third kappa shape index (κ3) is 38.9. The molecule has 1 heterocycles. The number of alkyl carbamates (subject to hydrolysis) is 1. The molecule has 0 unspecified atom stereocenters. The molecule has 0 bridgehead atoms. The summed E-state index contributed by atoms with van der Waals surface area (Å²) in [5, 5.41) is 89.7. The fraction of sp³-hybridized carbons (Fsp3) is 0.625. The van der Waals surface area contributed by atoms with Gasteiger partial charge in [0.1, 0.15) is 54.9 Å². The number of halogens is 6. The van der Waals surface area contributed by atoms with Gasteiger partial charge >= 0.3 is 30.4 Å². The second-order valence-electron chi connectivity index (χ2n) is 30.3. The van der Waals surface area contributed by atoms with Gasteiger partial charge in [-0.15, -0.1) is 0 Å². The number of hydrogen-bond acceptors (Lipinski definition) is 21. The molecule has 0 saturated carbocycles. The molecule has 2 aromatic rings. The van der Waals surface area contributed by atoms with Gasteiger partial charge in [0, 0.05) is 19.1 Å². The van der Waals surface area contributed by atoms with Crippen LogP contribution in [0.15, 0.2) is 65.7 Å². The second-order valence-corrected chi connectivity index (χ2v) is 30.3. The average Bonchev–Trinajstić information content (AvgIpc) is 0.809. The fourth-order valence-corrected chi connectivity index (χ4v) is 10.8. The first-order valence-corrected chi connectivity index (χ1v) is 36.4. The van der Waals surface area contributed by atoms with E-state index in [1.807, 2.05) is 52.9 Å². The number of carboxylic acids is 2. The number of nitrogens with one attached hydrogen (secondary N) is 12. The van der Waals surface area contributed by atoms with Crippen molar-refractivity contribution in [3.8, 4) is 0 Å². The Bertz CT molecular complexity index is 3560. The molecule has 2 aromatic carbocycles. The number of benzene rings is 2. The van der Waals surface area contributed by atoms with Gasteiger partial charge in [-0.05, 0) is 78.7 Å². The van der Waals surface area contributed by atoms with Crippen LogP contribution in [0, 0.1) is 28.6 Å². The summed E-state index contributed by atoms with van der Waals surface area (Å²) in [6.45, 7) is 19.7.